The van der Waals surface area contributed by atoms with E-state index in [2.05, 4.69) is 17.2 Å². The zero-order valence-electron chi connectivity index (χ0n) is 22.6. The van der Waals surface area contributed by atoms with Crippen molar-refractivity contribution < 1.29 is 29.0 Å². The van der Waals surface area contributed by atoms with Crippen LogP contribution in [0.25, 0.3) is 0 Å². The maximum Gasteiger partial charge on any atom is 0.308 e. The molecule has 39 heavy (non-hydrogen) atoms. The van der Waals surface area contributed by atoms with Gasteiger partial charge in [-0.05, 0) is 44.9 Å². The quantitative estimate of drug-likeness (QED) is 0.235. The van der Waals surface area contributed by atoms with Gasteiger partial charge in [-0.15, -0.1) is 18.3 Å². The Kier molecular flexibility index (Phi) is 9.93. The van der Waals surface area contributed by atoms with Crippen LogP contribution in [0, 0.1) is 6.92 Å². The second-order valence-corrected chi connectivity index (χ2v) is 11.5. The van der Waals surface area contributed by atoms with Crippen molar-refractivity contribution in [1.29, 1.82) is 0 Å². The number of benzene rings is 2. The van der Waals surface area contributed by atoms with E-state index in [0.717, 1.165) is 5.56 Å². The van der Waals surface area contributed by atoms with Gasteiger partial charge in [0.25, 0.3) is 11.8 Å². The summed E-state index contributed by atoms with van der Waals surface area (Å²) in [5.41, 5.74) is 1.49. The van der Waals surface area contributed by atoms with Crippen LogP contribution in [-0.4, -0.2) is 69.1 Å². The van der Waals surface area contributed by atoms with Crippen molar-refractivity contribution in [2.75, 3.05) is 12.4 Å². The van der Waals surface area contributed by atoms with Crippen LogP contribution < -0.4 is 15.4 Å². The molecule has 9 nitrogen and oxygen atoms in total. The van der Waals surface area contributed by atoms with Gasteiger partial charge in [0.2, 0.25) is 5.91 Å². The predicted molar refractivity (Wildman–Crippen MR) is 150 cm³/mol. The van der Waals surface area contributed by atoms with E-state index in [1.54, 1.807) is 31.2 Å². The summed E-state index contributed by atoms with van der Waals surface area (Å²) >= 11 is 1.44. The lowest BCUT2D eigenvalue weighted by Crippen LogP contribution is -2.58. The van der Waals surface area contributed by atoms with E-state index >= 15 is 0 Å². The molecule has 1 saturated heterocycles. The van der Waals surface area contributed by atoms with E-state index in [0.29, 0.717) is 5.56 Å². The number of thioether (sulfide) groups is 1. The third kappa shape index (κ3) is 7.27. The molecular formula is C29H35N3O6S. The molecule has 2 aromatic carbocycles. The average Bonchev–Trinajstić information content (AvgIpc) is 3.22. The number of hydrogen-bond donors (Lipinski definition) is 3. The van der Waals surface area contributed by atoms with Crippen LogP contribution in [0.4, 0.5) is 0 Å². The fourth-order valence-electron chi connectivity index (χ4n) is 4.51. The van der Waals surface area contributed by atoms with Gasteiger partial charge in [0.05, 0.1) is 11.9 Å². The predicted octanol–water partition coefficient (Wildman–Crippen LogP) is 2.60. The fraction of sp³-hybridized carbons (Fsp3) is 0.379. The number of esters is 1. The molecule has 1 aliphatic rings. The van der Waals surface area contributed by atoms with Crippen LogP contribution in [0.2, 0.25) is 0 Å². The lowest BCUT2D eigenvalue weighted by molar-refractivity contribution is -0.147. The van der Waals surface area contributed by atoms with Crippen molar-refractivity contribution in [1.82, 2.24) is 15.5 Å². The number of hydrogen-bond acceptors (Lipinski definition) is 7. The summed E-state index contributed by atoms with van der Waals surface area (Å²) < 4.78 is 4.61. The van der Waals surface area contributed by atoms with Crippen LogP contribution in [-0.2, 0) is 20.8 Å². The standard InChI is InChI=1S/C29H35N3O6S/c1-6-15-30-27(36)25-29(4,5)39-17-32(25)28(37)24(34)22(16-20-11-8-7-9-12-20)31-26(35)21-13-10-14-23(18(21)2)38-19(3)33/h6-14,22,24-25,34H,1,15-17H2,2-5H3,(H,30,36)(H,31,35)/t22?,24-,25?/m0/s1. The van der Waals surface area contributed by atoms with E-state index < -0.39 is 40.7 Å². The Hall–Kier alpha value is -3.63. The topological polar surface area (TPSA) is 125 Å². The van der Waals surface area contributed by atoms with Crippen molar-refractivity contribution in [3.8, 4) is 5.75 Å². The molecule has 1 fully saturated rings. The molecule has 3 atom stereocenters. The van der Waals surface area contributed by atoms with E-state index in [-0.39, 0.29) is 36.1 Å². The average molecular weight is 554 g/mol. The van der Waals surface area contributed by atoms with Crippen LogP contribution in [0.3, 0.4) is 0 Å². The van der Waals surface area contributed by atoms with Crippen molar-refractivity contribution in [2.24, 2.45) is 0 Å². The Morgan fingerprint density at radius 2 is 1.87 bits per heavy atom. The highest BCUT2D eigenvalue weighted by Crippen LogP contribution is 2.39. The smallest absolute Gasteiger partial charge is 0.308 e. The van der Waals surface area contributed by atoms with Crippen LogP contribution in [0.5, 0.6) is 5.75 Å². The summed E-state index contributed by atoms with van der Waals surface area (Å²) in [6.07, 6.45) is 0.0906. The minimum Gasteiger partial charge on any atom is -0.426 e. The van der Waals surface area contributed by atoms with Crippen molar-refractivity contribution in [3.63, 3.8) is 0 Å². The number of aliphatic hydroxyl groups excluding tert-OH is 1. The lowest BCUT2D eigenvalue weighted by Gasteiger charge is -2.33. The molecule has 3 N–H and O–H groups in total. The van der Waals surface area contributed by atoms with Crippen LogP contribution >= 0.6 is 11.8 Å². The first-order valence-electron chi connectivity index (χ1n) is 12.6. The summed E-state index contributed by atoms with van der Waals surface area (Å²) in [7, 11) is 0. The zero-order valence-corrected chi connectivity index (χ0v) is 23.4. The number of carbonyl (C=O) groups is 4. The molecule has 0 radical (unpaired) electrons. The van der Waals surface area contributed by atoms with Gasteiger partial charge >= 0.3 is 5.97 Å². The molecule has 3 amide bonds. The highest BCUT2D eigenvalue weighted by atomic mass is 32.2. The third-order valence-corrected chi connectivity index (χ3v) is 7.90. The monoisotopic (exact) mass is 553 g/mol. The Balaban J connectivity index is 1.89. The molecule has 2 aromatic rings. The van der Waals surface area contributed by atoms with Gasteiger partial charge in [-0.3, -0.25) is 19.2 Å². The second-order valence-electron chi connectivity index (χ2n) is 9.86. The number of nitrogens with one attached hydrogen (secondary N) is 2. The molecular weight excluding hydrogens is 518 g/mol. The van der Waals surface area contributed by atoms with Crippen molar-refractivity contribution in [2.45, 2.75) is 57.1 Å². The minimum atomic E-state index is -1.63. The number of nitrogens with zero attached hydrogens (tertiary/aromatic N) is 1. The number of rotatable bonds is 10. The van der Waals surface area contributed by atoms with Crippen molar-refractivity contribution in [3.05, 3.63) is 77.9 Å². The number of aliphatic hydroxyl groups is 1. The van der Waals surface area contributed by atoms with Crippen LogP contribution in [0.15, 0.2) is 61.2 Å². The first kappa shape index (κ1) is 29.9. The fourth-order valence-corrected chi connectivity index (χ4v) is 5.65. The molecule has 10 heteroatoms. The largest absolute Gasteiger partial charge is 0.426 e. The van der Waals surface area contributed by atoms with Gasteiger partial charge in [0.15, 0.2) is 6.10 Å². The maximum atomic E-state index is 13.7. The molecule has 0 spiro atoms. The summed E-state index contributed by atoms with van der Waals surface area (Å²) in [4.78, 5) is 52.9. The van der Waals surface area contributed by atoms with Gasteiger partial charge < -0.3 is 25.4 Å². The molecule has 0 saturated carbocycles. The highest BCUT2D eigenvalue weighted by molar-refractivity contribution is 8.00. The minimum absolute atomic E-state index is 0.167. The lowest BCUT2D eigenvalue weighted by atomic mass is 9.96. The number of ether oxygens (including phenoxy) is 1. The number of carbonyl (C=O) groups excluding carboxylic acids is 4. The van der Waals surface area contributed by atoms with Crippen LogP contribution in [0.1, 0.15) is 42.3 Å². The molecule has 0 aliphatic carbocycles. The maximum absolute atomic E-state index is 13.7. The summed E-state index contributed by atoms with van der Waals surface area (Å²) in [5.74, 6) is -1.59. The van der Waals surface area contributed by atoms with E-state index in [4.69, 9.17) is 4.74 Å². The second kappa shape index (κ2) is 12.9. The summed E-state index contributed by atoms with van der Waals surface area (Å²) in [6.45, 7) is 10.5. The molecule has 208 valence electrons. The Bertz CT molecular complexity index is 1230. The first-order valence-corrected chi connectivity index (χ1v) is 13.6. The Labute approximate surface area is 233 Å². The molecule has 3 rings (SSSR count). The summed E-state index contributed by atoms with van der Waals surface area (Å²) in [6, 6.07) is 12.1. The third-order valence-electron chi connectivity index (χ3n) is 6.53. The molecule has 0 bridgehead atoms. The van der Waals surface area contributed by atoms with E-state index in [9.17, 15) is 24.3 Å². The normalized spacial score (nSPS) is 17.6. The molecule has 2 unspecified atom stereocenters. The molecule has 1 aliphatic heterocycles. The van der Waals surface area contributed by atoms with Gasteiger partial charge in [-0.2, -0.15) is 0 Å². The number of amides is 3. The zero-order chi connectivity index (χ0) is 28.7. The van der Waals surface area contributed by atoms with E-state index in [1.165, 1.54) is 23.6 Å². The van der Waals surface area contributed by atoms with Crippen molar-refractivity contribution >= 4 is 35.5 Å². The Morgan fingerprint density at radius 1 is 1.18 bits per heavy atom. The van der Waals surface area contributed by atoms with E-state index in [1.807, 2.05) is 44.2 Å². The summed E-state index contributed by atoms with van der Waals surface area (Å²) in [5, 5.41) is 16.9. The SMILES string of the molecule is C=CCNC(=O)C1N(C(=O)[C@@H](O)C(Cc2ccccc2)NC(=O)c2cccc(OC(C)=O)c2C)CSC1(C)C. The van der Waals surface area contributed by atoms with Gasteiger partial charge in [-0.1, -0.05) is 42.5 Å². The first-order chi connectivity index (χ1) is 18.5. The Morgan fingerprint density at radius 3 is 2.51 bits per heavy atom. The molecule has 0 aromatic heterocycles. The van der Waals surface area contributed by atoms with Gasteiger partial charge in [0.1, 0.15) is 11.8 Å². The van der Waals surface area contributed by atoms with Gasteiger partial charge in [0, 0.05) is 29.3 Å². The highest BCUT2D eigenvalue weighted by Gasteiger charge is 2.49. The van der Waals surface area contributed by atoms with Gasteiger partial charge in [-0.25, -0.2) is 0 Å². The molecule has 1 heterocycles.